The molecule has 1 aliphatic rings. The summed E-state index contributed by atoms with van der Waals surface area (Å²) in [6, 6.07) is 9.83. The van der Waals surface area contributed by atoms with Crippen LogP contribution in [0.4, 0.5) is 0 Å². The second kappa shape index (κ2) is 6.91. The summed E-state index contributed by atoms with van der Waals surface area (Å²) in [5.41, 5.74) is 3.41. The smallest absolute Gasteiger partial charge is 0.160 e. The summed E-state index contributed by atoms with van der Waals surface area (Å²) in [7, 11) is 3.23. The number of nitrogens with zero attached hydrogens (tertiary/aromatic N) is 1. The van der Waals surface area contributed by atoms with Gasteiger partial charge in [-0.05, 0) is 60.4 Å². The maximum absolute atomic E-state index is 9.98. The molecule has 2 aromatic rings. The number of rotatable bonds is 4. The third-order valence-electron chi connectivity index (χ3n) is 4.64. The van der Waals surface area contributed by atoms with Crippen LogP contribution >= 0.6 is 11.6 Å². The van der Waals surface area contributed by atoms with Crippen molar-refractivity contribution < 1.29 is 14.6 Å². The van der Waals surface area contributed by atoms with Gasteiger partial charge in [0, 0.05) is 24.2 Å². The number of fused-ring (bicyclic) bond motifs is 1. The molecular weight excluding hydrogens is 326 g/mol. The Balaban J connectivity index is 1.86. The number of methoxy groups -OCH3 is 2. The molecule has 0 saturated carbocycles. The molecule has 1 atom stereocenters. The van der Waals surface area contributed by atoms with Gasteiger partial charge in [0.25, 0.3) is 0 Å². The minimum atomic E-state index is 0.202. The molecule has 1 unspecified atom stereocenters. The number of ether oxygens (including phenoxy) is 2. The second-order valence-electron chi connectivity index (χ2n) is 6.21. The number of benzene rings is 2. The highest BCUT2D eigenvalue weighted by Gasteiger charge is 2.25. The van der Waals surface area contributed by atoms with Crippen molar-refractivity contribution in [3.8, 4) is 17.2 Å². The lowest BCUT2D eigenvalue weighted by molar-refractivity contribution is 0.174. The zero-order valence-corrected chi connectivity index (χ0v) is 14.9. The number of hydrogen-bond donors (Lipinski definition) is 1. The minimum Gasteiger partial charge on any atom is -0.504 e. The summed E-state index contributed by atoms with van der Waals surface area (Å²) in [6.45, 7) is 3.73. The molecule has 24 heavy (non-hydrogen) atoms. The van der Waals surface area contributed by atoms with E-state index in [0.29, 0.717) is 11.8 Å². The zero-order valence-electron chi connectivity index (χ0n) is 14.2. The van der Waals surface area contributed by atoms with Crippen molar-refractivity contribution in [2.75, 3.05) is 14.2 Å². The van der Waals surface area contributed by atoms with Gasteiger partial charge in [0.05, 0.1) is 14.2 Å². The van der Waals surface area contributed by atoms with Crippen molar-refractivity contribution >= 4 is 11.6 Å². The molecule has 4 nitrogen and oxygen atoms in total. The monoisotopic (exact) mass is 347 g/mol. The Bertz CT molecular complexity index is 748. The van der Waals surface area contributed by atoms with Gasteiger partial charge in [0.2, 0.25) is 0 Å². The molecule has 0 aliphatic carbocycles. The first-order chi connectivity index (χ1) is 11.5. The first-order valence-corrected chi connectivity index (χ1v) is 8.34. The van der Waals surface area contributed by atoms with E-state index >= 15 is 0 Å². The van der Waals surface area contributed by atoms with Crippen LogP contribution < -0.4 is 9.47 Å². The van der Waals surface area contributed by atoms with Gasteiger partial charge < -0.3 is 14.6 Å². The molecule has 2 aromatic carbocycles. The second-order valence-corrected chi connectivity index (χ2v) is 6.62. The molecule has 0 radical (unpaired) electrons. The van der Waals surface area contributed by atoms with Crippen molar-refractivity contribution in [1.29, 1.82) is 0 Å². The number of phenols is 1. The fourth-order valence-corrected chi connectivity index (χ4v) is 3.38. The van der Waals surface area contributed by atoms with E-state index in [4.69, 9.17) is 21.1 Å². The molecule has 0 saturated heterocycles. The summed E-state index contributed by atoms with van der Waals surface area (Å²) < 4.78 is 10.5. The molecule has 0 amide bonds. The van der Waals surface area contributed by atoms with Gasteiger partial charge in [0.15, 0.2) is 11.5 Å². The predicted molar refractivity (Wildman–Crippen MR) is 95.1 cm³/mol. The molecular formula is C19H22ClNO3. The van der Waals surface area contributed by atoms with E-state index in [1.165, 1.54) is 11.1 Å². The van der Waals surface area contributed by atoms with Crippen LogP contribution in [0.5, 0.6) is 17.2 Å². The van der Waals surface area contributed by atoms with Crippen LogP contribution in [0.3, 0.4) is 0 Å². The van der Waals surface area contributed by atoms with E-state index in [-0.39, 0.29) is 5.75 Å². The Hall–Kier alpha value is -1.91. The lowest BCUT2D eigenvalue weighted by Gasteiger charge is -2.35. The van der Waals surface area contributed by atoms with Gasteiger partial charge >= 0.3 is 0 Å². The Morgan fingerprint density at radius 1 is 1.17 bits per heavy atom. The molecule has 1 heterocycles. The van der Waals surface area contributed by atoms with Gasteiger partial charge in [-0.1, -0.05) is 11.6 Å². The SMILES string of the molecule is COc1ccc(Cl)c(CN2Cc3cc(OC)c(O)cc3CC2C)c1. The Kier molecular flexibility index (Phi) is 4.88. The van der Waals surface area contributed by atoms with Crippen molar-refractivity contribution in [2.24, 2.45) is 0 Å². The first kappa shape index (κ1) is 16.9. The number of halogens is 1. The lowest BCUT2D eigenvalue weighted by Crippen LogP contribution is -2.37. The molecule has 1 aliphatic heterocycles. The van der Waals surface area contributed by atoms with Crippen LogP contribution in [-0.2, 0) is 19.5 Å². The summed E-state index contributed by atoms with van der Waals surface area (Å²) in [6.07, 6.45) is 0.883. The van der Waals surface area contributed by atoms with Crippen molar-refractivity contribution in [3.63, 3.8) is 0 Å². The Morgan fingerprint density at radius 3 is 2.67 bits per heavy atom. The Morgan fingerprint density at radius 2 is 1.96 bits per heavy atom. The standard InChI is InChI=1S/C19H22ClNO3/c1-12-6-13-8-18(22)19(24-3)9-14(13)10-21(12)11-15-7-16(23-2)4-5-17(15)20/h4-5,7-9,12,22H,6,10-11H2,1-3H3. The van der Waals surface area contributed by atoms with Crippen LogP contribution in [0.15, 0.2) is 30.3 Å². The molecule has 1 N–H and O–H groups in total. The summed E-state index contributed by atoms with van der Waals surface area (Å²) in [5, 5.41) is 10.7. The number of aromatic hydroxyl groups is 1. The average molecular weight is 348 g/mol. The van der Waals surface area contributed by atoms with Crippen LogP contribution in [0.1, 0.15) is 23.6 Å². The van der Waals surface area contributed by atoms with Crippen LogP contribution in [0, 0.1) is 0 Å². The van der Waals surface area contributed by atoms with Crippen molar-refractivity contribution in [1.82, 2.24) is 4.90 Å². The van der Waals surface area contributed by atoms with Gasteiger partial charge in [-0.2, -0.15) is 0 Å². The lowest BCUT2D eigenvalue weighted by atomic mass is 9.93. The van der Waals surface area contributed by atoms with Gasteiger partial charge in [-0.15, -0.1) is 0 Å². The number of hydrogen-bond acceptors (Lipinski definition) is 4. The van der Waals surface area contributed by atoms with Crippen LogP contribution in [0.25, 0.3) is 0 Å². The Labute approximate surface area is 147 Å². The highest BCUT2D eigenvalue weighted by atomic mass is 35.5. The van der Waals surface area contributed by atoms with E-state index < -0.39 is 0 Å². The van der Waals surface area contributed by atoms with E-state index in [1.807, 2.05) is 30.3 Å². The normalized spacial score (nSPS) is 17.4. The van der Waals surface area contributed by atoms with E-state index in [1.54, 1.807) is 14.2 Å². The fourth-order valence-electron chi connectivity index (χ4n) is 3.21. The van der Waals surface area contributed by atoms with Gasteiger partial charge in [-0.3, -0.25) is 4.90 Å². The summed E-state index contributed by atoms with van der Waals surface area (Å²) >= 11 is 6.35. The summed E-state index contributed by atoms with van der Waals surface area (Å²) in [4.78, 5) is 2.37. The number of phenolic OH excluding ortho intramolecular Hbond substituents is 1. The molecule has 128 valence electrons. The van der Waals surface area contributed by atoms with Crippen LogP contribution in [0.2, 0.25) is 5.02 Å². The largest absolute Gasteiger partial charge is 0.504 e. The van der Waals surface area contributed by atoms with E-state index in [2.05, 4.69) is 11.8 Å². The maximum atomic E-state index is 9.98. The fraction of sp³-hybridized carbons (Fsp3) is 0.368. The predicted octanol–water partition coefficient (Wildman–Crippen LogP) is 4.01. The molecule has 5 heteroatoms. The molecule has 0 fully saturated rings. The minimum absolute atomic E-state index is 0.202. The first-order valence-electron chi connectivity index (χ1n) is 7.97. The highest BCUT2D eigenvalue weighted by molar-refractivity contribution is 6.31. The summed E-state index contributed by atoms with van der Waals surface area (Å²) in [5.74, 6) is 1.53. The third-order valence-corrected chi connectivity index (χ3v) is 5.01. The quantitative estimate of drug-likeness (QED) is 0.907. The highest BCUT2D eigenvalue weighted by Crippen LogP contribution is 2.35. The molecule has 0 spiro atoms. The topological polar surface area (TPSA) is 41.9 Å². The maximum Gasteiger partial charge on any atom is 0.160 e. The molecule has 0 bridgehead atoms. The van der Waals surface area contributed by atoms with Crippen LogP contribution in [-0.4, -0.2) is 30.3 Å². The van der Waals surface area contributed by atoms with Crippen molar-refractivity contribution in [3.05, 3.63) is 52.0 Å². The van der Waals surface area contributed by atoms with E-state index in [0.717, 1.165) is 35.8 Å². The van der Waals surface area contributed by atoms with Gasteiger partial charge in [-0.25, -0.2) is 0 Å². The van der Waals surface area contributed by atoms with E-state index in [9.17, 15) is 5.11 Å². The molecule has 0 aromatic heterocycles. The molecule has 3 rings (SSSR count). The third kappa shape index (κ3) is 3.30. The van der Waals surface area contributed by atoms with Gasteiger partial charge in [0.1, 0.15) is 5.75 Å². The average Bonchev–Trinajstić information content (AvgIpc) is 2.57. The zero-order chi connectivity index (χ0) is 17.3. The van der Waals surface area contributed by atoms with Crippen molar-refractivity contribution in [2.45, 2.75) is 32.5 Å².